The second-order valence-electron chi connectivity index (χ2n) is 4.14. The van der Waals surface area contributed by atoms with Gasteiger partial charge in [-0.3, -0.25) is 14.5 Å². The average Bonchev–Trinajstić information content (AvgIpc) is 2.28. The maximum Gasteiger partial charge on any atom is 0.317 e. The second kappa shape index (κ2) is 6.60. The summed E-state index contributed by atoms with van der Waals surface area (Å²) in [7, 11) is 0. The van der Waals surface area contributed by atoms with Gasteiger partial charge in [-0.15, -0.1) is 0 Å². The van der Waals surface area contributed by atoms with Crippen molar-refractivity contribution in [2.24, 2.45) is 0 Å². The van der Waals surface area contributed by atoms with Crippen molar-refractivity contribution < 1.29 is 24.9 Å². The number of carboxylic acid groups (broad SMARTS) is 2. The van der Waals surface area contributed by atoms with E-state index in [0.717, 1.165) is 0 Å². The van der Waals surface area contributed by atoms with Crippen molar-refractivity contribution >= 4 is 17.6 Å². The van der Waals surface area contributed by atoms with Crippen LogP contribution < -0.4 is 5.73 Å². The second-order valence-corrected chi connectivity index (χ2v) is 4.14. The molecule has 1 aromatic carbocycles. The summed E-state index contributed by atoms with van der Waals surface area (Å²) in [6, 6.07) is 4.57. The van der Waals surface area contributed by atoms with E-state index in [-0.39, 0.29) is 25.4 Å². The van der Waals surface area contributed by atoms with Crippen LogP contribution in [0.2, 0.25) is 0 Å². The fraction of sp³-hybridized carbons (Fsp3) is 0.333. The van der Waals surface area contributed by atoms with Crippen LogP contribution in [-0.4, -0.2) is 51.8 Å². The normalized spacial score (nSPS) is 10.6. The molecule has 0 amide bonds. The molecule has 0 spiro atoms. The number of hydrogen-bond donors (Lipinski definition) is 4. The minimum atomic E-state index is -1.10. The van der Waals surface area contributed by atoms with E-state index < -0.39 is 11.9 Å². The molecule has 0 aromatic heterocycles. The van der Waals surface area contributed by atoms with Crippen molar-refractivity contribution in [3.05, 3.63) is 23.8 Å². The number of carboxylic acids is 2. The summed E-state index contributed by atoms with van der Waals surface area (Å²) in [6.45, 7) is -0.527. The number of nitrogens with two attached hydrogens (primary N) is 1. The molecule has 1 rings (SSSR count). The highest BCUT2D eigenvalue weighted by molar-refractivity contribution is 5.72. The lowest BCUT2D eigenvalue weighted by molar-refractivity contribution is -0.141. The molecular weight excluding hydrogens is 252 g/mol. The Hall–Kier alpha value is -2.28. The van der Waals surface area contributed by atoms with Crippen molar-refractivity contribution in [2.75, 3.05) is 25.4 Å². The first-order valence-corrected chi connectivity index (χ1v) is 5.62. The monoisotopic (exact) mass is 268 g/mol. The molecule has 7 nitrogen and oxygen atoms in total. The predicted molar refractivity (Wildman–Crippen MR) is 67.9 cm³/mol. The zero-order valence-corrected chi connectivity index (χ0v) is 10.2. The molecule has 0 aliphatic heterocycles. The van der Waals surface area contributed by atoms with Gasteiger partial charge in [-0.1, -0.05) is 0 Å². The molecule has 104 valence electrons. The van der Waals surface area contributed by atoms with Crippen molar-refractivity contribution in [1.29, 1.82) is 0 Å². The summed E-state index contributed by atoms with van der Waals surface area (Å²) in [4.78, 5) is 22.5. The van der Waals surface area contributed by atoms with Crippen LogP contribution in [0.4, 0.5) is 5.69 Å². The Labute approximate surface area is 109 Å². The number of benzene rings is 1. The predicted octanol–water partition coefficient (Wildman–Crippen LogP) is -0.0119. The highest BCUT2D eigenvalue weighted by Gasteiger charge is 2.14. The molecular formula is C12H16N2O5. The van der Waals surface area contributed by atoms with E-state index in [1.165, 1.54) is 11.0 Å². The van der Waals surface area contributed by atoms with Crippen molar-refractivity contribution in [3.63, 3.8) is 0 Å². The maximum atomic E-state index is 10.6. The third kappa shape index (κ3) is 5.26. The van der Waals surface area contributed by atoms with E-state index >= 15 is 0 Å². The van der Waals surface area contributed by atoms with Gasteiger partial charge in [0.25, 0.3) is 0 Å². The fourth-order valence-corrected chi connectivity index (χ4v) is 1.68. The summed E-state index contributed by atoms with van der Waals surface area (Å²) in [5.41, 5.74) is 6.62. The summed E-state index contributed by atoms with van der Waals surface area (Å²) in [6.07, 6.45) is 0.317. The third-order valence-corrected chi connectivity index (χ3v) is 2.52. The quantitative estimate of drug-likeness (QED) is 0.405. The fourth-order valence-electron chi connectivity index (χ4n) is 1.68. The van der Waals surface area contributed by atoms with E-state index in [0.29, 0.717) is 17.7 Å². The van der Waals surface area contributed by atoms with Crippen LogP contribution in [0.3, 0.4) is 0 Å². The smallest absolute Gasteiger partial charge is 0.317 e. The maximum absolute atomic E-state index is 10.6. The first kappa shape index (κ1) is 14.8. The minimum Gasteiger partial charge on any atom is -0.508 e. The molecule has 0 radical (unpaired) electrons. The van der Waals surface area contributed by atoms with E-state index in [9.17, 15) is 14.7 Å². The SMILES string of the molecule is Nc1ccc(O)c(CCN(CC(=O)O)CC(=O)O)c1. The van der Waals surface area contributed by atoms with Crippen LogP contribution in [0.5, 0.6) is 5.75 Å². The minimum absolute atomic E-state index is 0.0554. The zero-order valence-electron chi connectivity index (χ0n) is 10.2. The molecule has 0 aliphatic carbocycles. The largest absolute Gasteiger partial charge is 0.508 e. The van der Waals surface area contributed by atoms with Gasteiger partial charge in [0.2, 0.25) is 0 Å². The molecule has 0 saturated carbocycles. The molecule has 5 N–H and O–H groups in total. The number of aliphatic carboxylic acids is 2. The first-order valence-electron chi connectivity index (χ1n) is 5.62. The molecule has 19 heavy (non-hydrogen) atoms. The van der Waals surface area contributed by atoms with Crippen LogP contribution in [0, 0.1) is 0 Å². The summed E-state index contributed by atoms with van der Waals surface area (Å²) < 4.78 is 0. The number of phenolic OH excluding ortho intramolecular Hbond substituents is 1. The number of hydrogen-bond acceptors (Lipinski definition) is 5. The number of nitrogen functional groups attached to an aromatic ring is 1. The Morgan fingerprint density at radius 1 is 1.16 bits per heavy atom. The highest BCUT2D eigenvalue weighted by atomic mass is 16.4. The lowest BCUT2D eigenvalue weighted by atomic mass is 10.1. The molecule has 0 fully saturated rings. The lowest BCUT2D eigenvalue weighted by Crippen LogP contribution is -2.36. The Balaban J connectivity index is 2.66. The number of aromatic hydroxyl groups is 1. The summed E-state index contributed by atoms with van der Waals surface area (Å²) in [5.74, 6) is -2.14. The zero-order chi connectivity index (χ0) is 14.4. The van der Waals surface area contributed by atoms with Gasteiger partial charge in [0.05, 0.1) is 13.1 Å². The molecule has 0 bridgehead atoms. The van der Waals surface area contributed by atoms with E-state index in [4.69, 9.17) is 15.9 Å². The standard InChI is InChI=1S/C12H16N2O5/c13-9-1-2-10(15)8(5-9)3-4-14(6-11(16)17)7-12(18)19/h1-2,5,15H,3-4,6-7,13H2,(H,16,17)(H,18,19). The molecule has 0 aliphatic rings. The van der Waals surface area contributed by atoms with Crippen LogP contribution in [0.25, 0.3) is 0 Å². The van der Waals surface area contributed by atoms with Crippen LogP contribution >= 0.6 is 0 Å². The Bertz CT molecular complexity index is 459. The van der Waals surface area contributed by atoms with Gasteiger partial charge in [-0.2, -0.15) is 0 Å². The Morgan fingerprint density at radius 2 is 1.74 bits per heavy atom. The van der Waals surface area contributed by atoms with Crippen molar-refractivity contribution in [2.45, 2.75) is 6.42 Å². The number of carbonyl (C=O) groups is 2. The van der Waals surface area contributed by atoms with Crippen LogP contribution in [0.1, 0.15) is 5.56 Å². The van der Waals surface area contributed by atoms with Gasteiger partial charge in [0, 0.05) is 12.2 Å². The third-order valence-electron chi connectivity index (χ3n) is 2.52. The van der Waals surface area contributed by atoms with Gasteiger partial charge >= 0.3 is 11.9 Å². The molecule has 1 aromatic rings. The van der Waals surface area contributed by atoms with Crippen molar-refractivity contribution in [1.82, 2.24) is 4.90 Å². The lowest BCUT2D eigenvalue weighted by Gasteiger charge is -2.18. The van der Waals surface area contributed by atoms with Crippen LogP contribution in [-0.2, 0) is 16.0 Å². The summed E-state index contributed by atoms with van der Waals surface area (Å²) >= 11 is 0. The molecule has 0 saturated heterocycles. The van der Waals surface area contributed by atoms with Crippen molar-refractivity contribution in [3.8, 4) is 5.75 Å². The van der Waals surface area contributed by atoms with Gasteiger partial charge in [-0.25, -0.2) is 0 Å². The number of anilines is 1. The van der Waals surface area contributed by atoms with Crippen LogP contribution in [0.15, 0.2) is 18.2 Å². The number of phenols is 1. The highest BCUT2D eigenvalue weighted by Crippen LogP contribution is 2.20. The van der Waals surface area contributed by atoms with Gasteiger partial charge in [-0.05, 0) is 30.2 Å². The van der Waals surface area contributed by atoms with E-state index in [2.05, 4.69) is 0 Å². The molecule has 7 heteroatoms. The average molecular weight is 268 g/mol. The molecule has 0 heterocycles. The van der Waals surface area contributed by atoms with Gasteiger partial charge < -0.3 is 21.1 Å². The number of rotatable bonds is 7. The Kier molecular flexibility index (Phi) is 5.13. The van der Waals surface area contributed by atoms with Gasteiger partial charge in [0.1, 0.15) is 5.75 Å². The van der Waals surface area contributed by atoms with E-state index in [1.807, 2.05) is 0 Å². The van der Waals surface area contributed by atoms with Gasteiger partial charge in [0.15, 0.2) is 0 Å². The number of nitrogens with zero attached hydrogens (tertiary/aromatic N) is 1. The van der Waals surface area contributed by atoms with E-state index in [1.54, 1.807) is 12.1 Å². The molecule has 0 atom stereocenters. The summed E-state index contributed by atoms with van der Waals surface area (Å²) in [5, 5.41) is 27.0. The molecule has 0 unspecified atom stereocenters. The Morgan fingerprint density at radius 3 is 2.26 bits per heavy atom. The topological polar surface area (TPSA) is 124 Å². The first-order chi connectivity index (χ1) is 8.88.